The Bertz CT molecular complexity index is 609. The maximum Gasteiger partial charge on any atom is 0.290 e. The molecule has 1 aliphatic rings. The molecule has 2 rings (SSSR count). The fourth-order valence-electron chi connectivity index (χ4n) is 2.59. The highest BCUT2D eigenvalue weighted by Gasteiger charge is 2.42. The number of benzene rings is 1. The van der Waals surface area contributed by atoms with Gasteiger partial charge in [-0.15, -0.1) is 0 Å². The summed E-state index contributed by atoms with van der Waals surface area (Å²) in [6.45, 7) is 3.61. The van der Waals surface area contributed by atoms with Gasteiger partial charge < -0.3 is 10.0 Å². The van der Waals surface area contributed by atoms with Gasteiger partial charge in [-0.3, -0.25) is 9.59 Å². The van der Waals surface area contributed by atoms with E-state index < -0.39 is 29.3 Å². The molecule has 0 spiro atoms. The minimum absolute atomic E-state index is 0.0267. The third-order valence-corrected chi connectivity index (χ3v) is 3.64. The molecule has 1 amide bonds. The summed E-state index contributed by atoms with van der Waals surface area (Å²) >= 11 is 0. The third kappa shape index (κ3) is 2.68. The first-order chi connectivity index (χ1) is 9.99. The summed E-state index contributed by atoms with van der Waals surface area (Å²) in [5.41, 5.74) is 0.206. The van der Waals surface area contributed by atoms with Crippen LogP contribution in [-0.2, 0) is 9.59 Å². The fraction of sp³-hybridized carbons (Fsp3) is 0.375. The number of Topliss-reactive ketones (excluding diaryl/α,β-unsaturated/α-hetero) is 1. The largest absolute Gasteiger partial charge is 0.503 e. The molecule has 1 aromatic carbocycles. The van der Waals surface area contributed by atoms with E-state index in [-0.39, 0.29) is 11.1 Å². The number of hydrogen-bond acceptors (Lipinski definition) is 3. The standard InChI is InChI=1S/C16H18FNO3/c1-3-4-9-18-14(11-7-5-6-8-12(11)17)13(10(2)19)15(20)16(18)21/h5-8,14,20H,3-4,9H2,1-2H3/t14-/m1/s1. The van der Waals surface area contributed by atoms with Crippen molar-refractivity contribution in [3.8, 4) is 0 Å². The molecule has 0 saturated carbocycles. The van der Waals surface area contributed by atoms with E-state index in [1.165, 1.54) is 24.0 Å². The van der Waals surface area contributed by atoms with Gasteiger partial charge in [-0.2, -0.15) is 0 Å². The first-order valence-corrected chi connectivity index (χ1v) is 6.98. The van der Waals surface area contributed by atoms with Gasteiger partial charge >= 0.3 is 0 Å². The molecule has 21 heavy (non-hydrogen) atoms. The van der Waals surface area contributed by atoms with E-state index in [9.17, 15) is 19.1 Å². The minimum Gasteiger partial charge on any atom is -0.503 e. The summed E-state index contributed by atoms with van der Waals surface area (Å²) in [6, 6.07) is 5.16. The smallest absolute Gasteiger partial charge is 0.290 e. The number of amides is 1. The van der Waals surface area contributed by atoms with Gasteiger partial charge in [0.25, 0.3) is 5.91 Å². The van der Waals surface area contributed by atoms with Crippen LogP contribution in [0.15, 0.2) is 35.6 Å². The molecule has 1 atom stereocenters. The summed E-state index contributed by atoms with van der Waals surface area (Å²) in [4.78, 5) is 25.3. The Balaban J connectivity index is 2.52. The van der Waals surface area contributed by atoms with E-state index >= 15 is 0 Å². The predicted octanol–water partition coefficient (Wildman–Crippen LogP) is 2.91. The molecule has 1 N–H and O–H groups in total. The quantitative estimate of drug-likeness (QED) is 0.907. The molecular formula is C16H18FNO3. The van der Waals surface area contributed by atoms with Crippen molar-refractivity contribution in [2.24, 2.45) is 0 Å². The van der Waals surface area contributed by atoms with Crippen LogP contribution in [-0.4, -0.2) is 28.2 Å². The minimum atomic E-state index is -0.845. The van der Waals surface area contributed by atoms with Crippen molar-refractivity contribution >= 4 is 11.7 Å². The zero-order valence-corrected chi connectivity index (χ0v) is 12.1. The molecule has 0 bridgehead atoms. The van der Waals surface area contributed by atoms with Crippen LogP contribution in [0.3, 0.4) is 0 Å². The molecule has 1 heterocycles. The second-order valence-corrected chi connectivity index (χ2v) is 5.09. The normalized spacial score (nSPS) is 18.5. The van der Waals surface area contributed by atoms with E-state index in [0.717, 1.165) is 12.8 Å². The third-order valence-electron chi connectivity index (χ3n) is 3.64. The van der Waals surface area contributed by atoms with Crippen molar-refractivity contribution in [1.82, 2.24) is 4.90 Å². The summed E-state index contributed by atoms with van der Waals surface area (Å²) in [7, 11) is 0. The Morgan fingerprint density at radius 3 is 2.62 bits per heavy atom. The molecule has 0 saturated heterocycles. The van der Waals surface area contributed by atoms with Crippen LogP contribution in [0.5, 0.6) is 0 Å². The number of rotatable bonds is 5. The van der Waals surface area contributed by atoms with Gasteiger partial charge in [-0.05, 0) is 19.4 Å². The average molecular weight is 291 g/mol. The predicted molar refractivity (Wildman–Crippen MR) is 76.1 cm³/mol. The highest BCUT2D eigenvalue weighted by atomic mass is 19.1. The highest BCUT2D eigenvalue weighted by Crippen LogP contribution is 2.38. The number of ketones is 1. The lowest BCUT2D eigenvalue weighted by molar-refractivity contribution is -0.129. The summed E-state index contributed by atoms with van der Waals surface area (Å²) in [5.74, 6) is -2.09. The van der Waals surface area contributed by atoms with Crippen LogP contribution in [0.4, 0.5) is 4.39 Å². The molecule has 1 aliphatic heterocycles. The van der Waals surface area contributed by atoms with E-state index in [1.807, 2.05) is 6.92 Å². The van der Waals surface area contributed by atoms with E-state index in [1.54, 1.807) is 12.1 Å². The summed E-state index contributed by atoms with van der Waals surface area (Å²) in [6.07, 6.45) is 1.57. The first kappa shape index (κ1) is 15.2. The Hall–Kier alpha value is -2.17. The van der Waals surface area contributed by atoms with Gasteiger partial charge in [-0.25, -0.2) is 4.39 Å². The summed E-state index contributed by atoms with van der Waals surface area (Å²) in [5, 5.41) is 9.97. The highest BCUT2D eigenvalue weighted by molar-refractivity contribution is 6.08. The van der Waals surface area contributed by atoms with Crippen molar-refractivity contribution in [2.75, 3.05) is 6.54 Å². The lowest BCUT2D eigenvalue weighted by Crippen LogP contribution is -2.32. The molecule has 5 heteroatoms. The maximum absolute atomic E-state index is 14.1. The van der Waals surface area contributed by atoms with Gasteiger partial charge in [0.1, 0.15) is 5.82 Å². The number of unbranched alkanes of at least 4 members (excludes halogenated alkanes) is 1. The van der Waals surface area contributed by atoms with Gasteiger partial charge in [0, 0.05) is 12.1 Å². The fourth-order valence-corrected chi connectivity index (χ4v) is 2.59. The molecule has 0 fully saturated rings. The molecule has 0 unspecified atom stereocenters. The van der Waals surface area contributed by atoms with Crippen molar-refractivity contribution < 1.29 is 19.1 Å². The number of nitrogens with zero attached hydrogens (tertiary/aromatic N) is 1. The Morgan fingerprint density at radius 2 is 2.05 bits per heavy atom. The SMILES string of the molecule is CCCCN1C(=O)C(O)=C(C(C)=O)[C@H]1c1ccccc1F. The molecule has 4 nitrogen and oxygen atoms in total. The van der Waals surface area contributed by atoms with Crippen LogP contribution in [0.2, 0.25) is 0 Å². The second-order valence-electron chi connectivity index (χ2n) is 5.09. The molecule has 1 aromatic rings. The zero-order chi connectivity index (χ0) is 15.6. The van der Waals surface area contributed by atoms with Crippen LogP contribution in [0.1, 0.15) is 38.3 Å². The van der Waals surface area contributed by atoms with Crippen molar-refractivity contribution in [3.63, 3.8) is 0 Å². The molecule has 112 valence electrons. The first-order valence-electron chi connectivity index (χ1n) is 6.98. The number of carbonyl (C=O) groups is 2. The van der Waals surface area contributed by atoms with Crippen molar-refractivity contribution in [3.05, 3.63) is 47.0 Å². The lowest BCUT2D eigenvalue weighted by Gasteiger charge is -2.26. The lowest BCUT2D eigenvalue weighted by atomic mass is 9.96. The van der Waals surface area contributed by atoms with Crippen molar-refractivity contribution in [2.45, 2.75) is 32.7 Å². The van der Waals surface area contributed by atoms with Crippen LogP contribution < -0.4 is 0 Å². The van der Waals surface area contributed by atoms with Crippen LogP contribution >= 0.6 is 0 Å². The zero-order valence-electron chi connectivity index (χ0n) is 12.1. The average Bonchev–Trinajstić information content (AvgIpc) is 2.69. The van der Waals surface area contributed by atoms with Crippen LogP contribution in [0, 0.1) is 5.82 Å². The second kappa shape index (κ2) is 6.08. The van der Waals surface area contributed by atoms with Gasteiger partial charge in [0.2, 0.25) is 0 Å². The van der Waals surface area contributed by atoms with Gasteiger partial charge in [-0.1, -0.05) is 31.5 Å². The maximum atomic E-state index is 14.1. The van der Waals surface area contributed by atoms with E-state index in [4.69, 9.17) is 0 Å². The summed E-state index contributed by atoms with van der Waals surface area (Å²) < 4.78 is 14.1. The molecule has 0 aromatic heterocycles. The molecular weight excluding hydrogens is 273 g/mol. The number of aliphatic hydroxyl groups is 1. The Labute approximate surface area is 122 Å². The van der Waals surface area contributed by atoms with Crippen molar-refractivity contribution in [1.29, 1.82) is 0 Å². The van der Waals surface area contributed by atoms with E-state index in [0.29, 0.717) is 6.54 Å². The number of halogens is 1. The Morgan fingerprint density at radius 1 is 1.38 bits per heavy atom. The van der Waals surface area contributed by atoms with Gasteiger partial charge in [0.15, 0.2) is 11.5 Å². The molecule has 0 radical (unpaired) electrons. The number of carbonyl (C=O) groups excluding carboxylic acids is 2. The van der Waals surface area contributed by atoms with Gasteiger partial charge in [0.05, 0.1) is 11.6 Å². The number of hydrogen-bond donors (Lipinski definition) is 1. The number of aliphatic hydroxyl groups excluding tert-OH is 1. The van der Waals surface area contributed by atoms with Crippen LogP contribution in [0.25, 0.3) is 0 Å². The molecule has 0 aliphatic carbocycles. The monoisotopic (exact) mass is 291 g/mol. The topological polar surface area (TPSA) is 57.6 Å². The van der Waals surface area contributed by atoms with E-state index in [2.05, 4.69) is 0 Å². The Kier molecular flexibility index (Phi) is 4.40.